The van der Waals surface area contributed by atoms with Crippen molar-refractivity contribution in [3.63, 3.8) is 0 Å². The van der Waals surface area contributed by atoms with Crippen molar-refractivity contribution in [2.45, 2.75) is 104 Å². The van der Waals surface area contributed by atoms with Crippen LogP contribution in [0.2, 0.25) is 0 Å². The minimum Gasteiger partial charge on any atom is -0.386 e. The molecule has 5 rings (SSSR count). The van der Waals surface area contributed by atoms with Gasteiger partial charge in [-0.2, -0.15) is 0 Å². The van der Waals surface area contributed by atoms with Crippen molar-refractivity contribution in [2.75, 3.05) is 0 Å². The van der Waals surface area contributed by atoms with Crippen LogP contribution in [0.15, 0.2) is 14.0 Å². The van der Waals surface area contributed by atoms with E-state index >= 15 is 0 Å². The van der Waals surface area contributed by atoms with Crippen LogP contribution >= 0.6 is 0 Å². The molecule has 3 nitrogen and oxygen atoms in total. The topological polar surface area (TPSA) is 47.3 Å². The minimum absolute atomic E-state index is 0.101. The van der Waals surface area contributed by atoms with E-state index in [2.05, 4.69) is 53.7 Å². The Bertz CT molecular complexity index is 1090. The first-order chi connectivity index (χ1) is 14.4. The van der Waals surface area contributed by atoms with E-state index in [1.807, 2.05) is 0 Å². The van der Waals surface area contributed by atoms with Crippen LogP contribution in [0, 0.1) is 22.7 Å². The van der Waals surface area contributed by atoms with Gasteiger partial charge in [-0.25, -0.2) is 9.59 Å². The van der Waals surface area contributed by atoms with Crippen LogP contribution in [0.5, 0.6) is 0 Å². The molecular weight excluding hydrogens is 384 g/mol. The lowest BCUT2D eigenvalue weighted by molar-refractivity contribution is 0.0414. The molecule has 0 amide bonds. The highest BCUT2D eigenvalue weighted by atomic mass is 16.4. The Morgan fingerprint density at radius 3 is 1.45 bits per heavy atom. The Morgan fingerprint density at radius 2 is 1.06 bits per heavy atom. The van der Waals surface area contributed by atoms with E-state index in [0.29, 0.717) is 22.3 Å². The number of rotatable bonds is 0. The van der Waals surface area contributed by atoms with Crippen LogP contribution in [0.4, 0.5) is 0 Å². The molecule has 0 saturated heterocycles. The molecule has 0 N–H and O–H groups in total. The summed E-state index contributed by atoms with van der Waals surface area (Å²) >= 11 is 0. The molecule has 3 heteroatoms. The molecule has 1 aromatic heterocycles. The lowest BCUT2D eigenvalue weighted by Crippen LogP contribution is -2.56. The Balaban J connectivity index is 1.95. The van der Waals surface area contributed by atoms with Gasteiger partial charge in [0.2, 0.25) is 0 Å². The third kappa shape index (κ3) is 2.77. The number of fused-ring (bicyclic) bond motifs is 7. The third-order valence-electron chi connectivity index (χ3n) is 10.1. The summed E-state index contributed by atoms with van der Waals surface area (Å²) in [4.78, 5) is 26.4. The monoisotopic (exact) mass is 422 g/mol. The highest BCUT2D eigenvalue weighted by Crippen LogP contribution is 2.59. The average Bonchev–Trinajstić information content (AvgIpc) is 2.76. The first kappa shape index (κ1) is 21.2. The summed E-state index contributed by atoms with van der Waals surface area (Å²) in [6.07, 6.45) is 12.9. The Kier molecular flexibility index (Phi) is 4.42. The van der Waals surface area contributed by atoms with Gasteiger partial charge >= 0.3 is 11.3 Å². The number of hydrogen-bond donors (Lipinski definition) is 0. The summed E-state index contributed by atoms with van der Waals surface area (Å²) in [6.45, 7) is 14.3. The maximum Gasteiger partial charge on any atom is 0.346 e. The molecule has 0 spiro atoms. The van der Waals surface area contributed by atoms with E-state index < -0.39 is 11.3 Å². The second-order valence-corrected chi connectivity index (χ2v) is 12.8. The highest BCUT2D eigenvalue weighted by molar-refractivity contribution is 5.51. The fourth-order valence-corrected chi connectivity index (χ4v) is 8.70. The Labute approximate surface area is 185 Å². The van der Waals surface area contributed by atoms with Crippen molar-refractivity contribution < 1.29 is 4.42 Å². The molecule has 0 aromatic carbocycles. The van der Waals surface area contributed by atoms with Crippen LogP contribution in [0.1, 0.15) is 104 Å². The lowest BCUT2D eigenvalue weighted by Gasteiger charge is -2.57. The molecule has 0 radical (unpaired) electrons. The van der Waals surface area contributed by atoms with E-state index in [1.54, 1.807) is 0 Å². The molecule has 1 heterocycles. The molecule has 4 atom stereocenters. The molecule has 0 aliphatic heterocycles. The highest BCUT2D eigenvalue weighted by Gasteiger charge is 2.55. The Morgan fingerprint density at radius 1 is 0.677 bits per heavy atom. The normalized spacial score (nSPS) is 37.2. The van der Waals surface area contributed by atoms with Crippen LogP contribution in [0.25, 0.3) is 12.2 Å². The van der Waals surface area contributed by atoms with Gasteiger partial charge in [-0.15, -0.1) is 0 Å². The summed E-state index contributed by atoms with van der Waals surface area (Å²) in [5.41, 5.74) is 1.71. The van der Waals surface area contributed by atoms with Crippen LogP contribution in [0.3, 0.4) is 0 Å². The molecule has 0 bridgehead atoms. The predicted octanol–water partition coefficient (Wildman–Crippen LogP) is 4.54. The van der Waals surface area contributed by atoms with E-state index in [4.69, 9.17) is 4.42 Å². The van der Waals surface area contributed by atoms with Gasteiger partial charge in [-0.3, -0.25) is 0 Å². The summed E-state index contributed by atoms with van der Waals surface area (Å²) in [6, 6.07) is 0. The second-order valence-electron chi connectivity index (χ2n) is 12.8. The van der Waals surface area contributed by atoms with E-state index in [0.717, 1.165) is 38.5 Å². The van der Waals surface area contributed by atoms with Gasteiger partial charge in [0.15, 0.2) is 0 Å². The zero-order chi connectivity index (χ0) is 22.4. The van der Waals surface area contributed by atoms with Crippen molar-refractivity contribution in [3.8, 4) is 0 Å². The molecule has 0 unspecified atom stereocenters. The van der Waals surface area contributed by atoms with Crippen molar-refractivity contribution in [1.29, 1.82) is 0 Å². The van der Waals surface area contributed by atoms with Crippen molar-refractivity contribution in [2.24, 2.45) is 22.7 Å². The van der Waals surface area contributed by atoms with Gasteiger partial charge in [-0.05, 0) is 83.1 Å². The van der Waals surface area contributed by atoms with Crippen LogP contribution in [-0.2, 0) is 10.8 Å². The smallest absolute Gasteiger partial charge is 0.346 e. The predicted molar refractivity (Wildman–Crippen MR) is 126 cm³/mol. The first-order valence-electron chi connectivity index (χ1n) is 12.3. The SMILES string of the molecule is CC1(C)CCC[C@@]2(C)c3c4c(c(=O)oc(=O)c3=CC[C@@H]12)=CC[C@H]1C(C)(C)CCC[C@]41C. The zero-order valence-electron chi connectivity index (χ0n) is 20.2. The van der Waals surface area contributed by atoms with E-state index in [1.165, 1.54) is 24.0 Å². The second kappa shape index (κ2) is 6.45. The van der Waals surface area contributed by atoms with Crippen LogP contribution in [-0.4, -0.2) is 0 Å². The van der Waals surface area contributed by atoms with Gasteiger partial charge in [0.1, 0.15) is 0 Å². The maximum atomic E-state index is 13.2. The first-order valence-corrected chi connectivity index (χ1v) is 12.3. The van der Waals surface area contributed by atoms with Crippen molar-refractivity contribution in [1.82, 2.24) is 0 Å². The quantitative estimate of drug-likeness (QED) is 0.617. The minimum atomic E-state index is -0.430. The molecule has 1 aromatic rings. The molecule has 2 saturated carbocycles. The summed E-state index contributed by atoms with van der Waals surface area (Å²) in [5.74, 6) is 0.950. The van der Waals surface area contributed by atoms with E-state index in [9.17, 15) is 9.59 Å². The Hall–Kier alpha value is -1.64. The van der Waals surface area contributed by atoms with Gasteiger partial charge in [0, 0.05) is 0 Å². The molecule has 4 aliphatic rings. The fraction of sp³-hybridized carbons (Fsp3) is 0.714. The lowest BCUT2D eigenvalue weighted by atomic mass is 9.47. The van der Waals surface area contributed by atoms with Gasteiger partial charge in [-0.1, -0.05) is 66.5 Å². The molecular formula is C28H38O3. The van der Waals surface area contributed by atoms with Gasteiger partial charge < -0.3 is 4.42 Å². The molecule has 31 heavy (non-hydrogen) atoms. The number of hydrogen-bond acceptors (Lipinski definition) is 3. The molecule has 4 aliphatic carbocycles. The van der Waals surface area contributed by atoms with Gasteiger partial charge in [0.25, 0.3) is 0 Å². The maximum absolute atomic E-state index is 13.2. The zero-order valence-corrected chi connectivity index (χ0v) is 20.2. The fourth-order valence-electron chi connectivity index (χ4n) is 8.70. The standard InChI is InChI=1S/C28H38O3/c1-25(2)13-7-15-27(5)19(25)11-9-17-21(27)22-18(24(30)31-23(17)29)10-12-20-26(3,4)14-8-16-28(20,22)6/h9-10,19-20H,7-8,11-16H2,1-6H3/t19-,20-,27-,28+/m0/s1. The van der Waals surface area contributed by atoms with Crippen LogP contribution < -0.4 is 21.7 Å². The summed E-state index contributed by atoms with van der Waals surface area (Å²) in [7, 11) is 0. The largest absolute Gasteiger partial charge is 0.386 e. The molecule has 2 fully saturated rings. The van der Waals surface area contributed by atoms with E-state index in [-0.39, 0.29) is 21.7 Å². The summed E-state index contributed by atoms with van der Waals surface area (Å²) in [5, 5.41) is 1.38. The average molecular weight is 423 g/mol. The van der Waals surface area contributed by atoms with Crippen molar-refractivity contribution >= 4 is 12.2 Å². The third-order valence-corrected chi connectivity index (χ3v) is 10.1. The van der Waals surface area contributed by atoms with Crippen molar-refractivity contribution in [3.05, 3.63) is 42.4 Å². The molecule has 168 valence electrons. The van der Waals surface area contributed by atoms with Gasteiger partial charge in [0.05, 0.1) is 10.4 Å². The summed E-state index contributed by atoms with van der Waals surface area (Å²) < 4.78 is 5.45.